The van der Waals surface area contributed by atoms with Crippen molar-refractivity contribution in [2.75, 3.05) is 30.4 Å². The SMILES string of the molecule is Cc1cccc(-c2cccc(NC(=O)N3CCCC(CS(C)(=O)=O)C3)c2)c1. The molecule has 0 bridgehead atoms. The average Bonchev–Trinajstić information content (AvgIpc) is 2.61. The molecule has 1 atom stereocenters. The molecule has 0 saturated carbocycles. The summed E-state index contributed by atoms with van der Waals surface area (Å²) in [4.78, 5) is 14.4. The van der Waals surface area contributed by atoms with Crippen LogP contribution in [0.3, 0.4) is 0 Å². The van der Waals surface area contributed by atoms with Gasteiger partial charge in [0, 0.05) is 25.0 Å². The predicted octanol–water partition coefficient (Wildman–Crippen LogP) is 3.95. The Hall–Kier alpha value is -2.34. The molecule has 1 N–H and O–H groups in total. The first-order chi connectivity index (χ1) is 12.8. The van der Waals surface area contributed by atoms with Gasteiger partial charge in [0.15, 0.2) is 0 Å². The van der Waals surface area contributed by atoms with Gasteiger partial charge in [0.25, 0.3) is 0 Å². The standard InChI is InChI=1S/C21H26N2O3S/c1-16-6-3-8-18(12-16)19-9-4-10-20(13-19)22-21(24)23-11-5-7-17(14-23)15-27(2,25)26/h3-4,6,8-10,12-13,17H,5,7,11,14-15H2,1-2H3,(H,22,24). The Balaban J connectivity index is 1.68. The highest BCUT2D eigenvalue weighted by atomic mass is 32.2. The van der Waals surface area contributed by atoms with Gasteiger partial charge in [0.1, 0.15) is 9.84 Å². The van der Waals surface area contributed by atoms with Crippen LogP contribution in [0.5, 0.6) is 0 Å². The summed E-state index contributed by atoms with van der Waals surface area (Å²) in [6, 6.07) is 15.8. The van der Waals surface area contributed by atoms with Crippen molar-refractivity contribution < 1.29 is 13.2 Å². The van der Waals surface area contributed by atoms with Crippen LogP contribution in [0.15, 0.2) is 48.5 Å². The molecule has 0 aromatic heterocycles. The largest absolute Gasteiger partial charge is 0.324 e. The summed E-state index contributed by atoms with van der Waals surface area (Å²) in [5.74, 6) is 0.151. The highest BCUT2D eigenvalue weighted by Gasteiger charge is 2.26. The van der Waals surface area contributed by atoms with Gasteiger partial charge < -0.3 is 10.2 Å². The molecule has 1 aliphatic rings. The fraction of sp³-hybridized carbons (Fsp3) is 0.381. The van der Waals surface area contributed by atoms with E-state index >= 15 is 0 Å². The van der Waals surface area contributed by atoms with Gasteiger partial charge in [-0.05, 0) is 48.9 Å². The van der Waals surface area contributed by atoms with Crippen molar-refractivity contribution in [3.63, 3.8) is 0 Å². The van der Waals surface area contributed by atoms with Crippen LogP contribution in [0.4, 0.5) is 10.5 Å². The van der Waals surface area contributed by atoms with Gasteiger partial charge in [-0.2, -0.15) is 0 Å². The molecule has 2 aromatic carbocycles. The molecule has 1 unspecified atom stereocenters. The Morgan fingerprint density at radius 1 is 1.15 bits per heavy atom. The van der Waals surface area contributed by atoms with E-state index in [1.807, 2.05) is 36.4 Å². The fourth-order valence-electron chi connectivity index (χ4n) is 3.62. The number of carbonyl (C=O) groups excluding carboxylic acids is 1. The second-order valence-electron chi connectivity index (χ2n) is 7.43. The lowest BCUT2D eigenvalue weighted by molar-refractivity contribution is 0.183. The van der Waals surface area contributed by atoms with E-state index in [1.165, 1.54) is 11.8 Å². The molecule has 3 rings (SSSR count). The number of urea groups is 1. The Labute approximate surface area is 161 Å². The topological polar surface area (TPSA) is 66.5 Å². The van der Waals surface area contributed by atoms with Crippen LogP contribution in [0.2, 0.25) is 0 Å². The molecule has 144 valence electrons. The molecule has 0 radical (unpaired) electrons. The average molecular weight is 387 g/mol. The lowest BCUT2D eigenvalue weighted by Crippen LogP contribution is -2.43. The summed E-state index contributed by atoms with van der Waals surface area (Å²) in [5.41, 5.74) is 4.08. The van der Waals surface area contributed by atoms with Crippen LogP contribution in [0, 0.1) is 12.8 Å². The monoisotopic (exact) mass is 386 g/mol. The number of aryl methyl sites for hydroxylation is 1. The molecule has 27 heavy (non-hydrogen) atoms. The van der Waals surface area contributed by atoms with Crippen molar-refractivity contribution >= 4 is 21.6 Å². The maximum Gasteiger partial charge on any atom is 0.321 e. The molecular formula is C21H26N2O3S. The van der Waals surface area contributed by atoms with Crippen molar-refractivity contribution in [2.45, 2.75) is 19.8 Å². The normalized spacial score (nSPS) is 17.6. The Kier molecular flexibility index (Phi) is 5.85. The number of hydrogen-bond donors (Lipinski definition) is 1. The maximum absolute atomic E-state index is 12.6. The third-order valence-electron chi connectivity index (χ3n) is 4.81. The Morgan fingerprint density at radius 2 is 1.85 bits per heavy atom. The van der Waals surface area contributed by atoms with Gasteiger partial charge in [0.05, 0.1) is 5.75 Å². The third kappa shape index (κ3) is 5.57. The van der Waals surface area contributed by atoms with E-state index in [4.69, 9.17) is 0 Å². The molecule has 1 aliphatic heterocycles. The summed E-state index contributed by atoms with van der Waals surface area (Å²) in [7, 11) is -3.03. The lowest BCUT2D eigenvalue weighted by Gasteiger charge is -2.32. The first kappa shape index (κ1) is 19.4. The van der Waals surface area contributed by atoms with Crippen LogP contribution in [-0.2, 0) is 9.84 Å². The molecule has 1 fully saturated rings. The van der Waals surface area contributed by atoms with Gasteiger partial charge in [-0.3, -0.25) is 0 Å². The number of nitrogens with zero attached hydrogens (tertiary/aromatic N) is 1. The highest BCUT2D eigenvalue weighted by Crippen LogP contribution is 2.24. The van der Waals surface area contributed by atoms with Crippen LogP contribution in [-0.4, -0.2) is 44.4 Å². The minimum Gasteiger partial charge on any atom is -0.324 e. The fourth-order valence-corrected chi connectivity index (χ4v) is 4.75. The molecule has 1 saturated heterocycles. The van der Waals surface area contributed by atoms with Crippen molar-refractivity contribution in [3.05, 3.63) is 54.1 Å². The number of hydrogen-bond acceptors (Lipinski definition) is 3. The molecule has 1 heterocycles. The second-order valence-corrected chi connectivity index (χ2v) is 9.61. The van der Waals surface area contributed by atoms with E-state index < -0.39 is 9.84 Å². The summed E-state index contributed by atoms with van der Waals surface area (Å²) in [5, 5.41) is 2.96. The van der Waals surface area contributed by atoms with E-state index in [0.717, 1.165) is 29.7 Å². The number of likely N-dealkylation sites (tertiary alicyclic amines) is 1. The number of carbonyl (C=O) groups is 1. The number of piperidine rings is 1. The second kappa shape index (κ2) is 8.13. The van der Waals surface area contributed by atoms with Gasteiger partial charge >= 0.3 is 6.03 Å². The van der Waals surface area contributed by atoms with Gasteiger partial charge in [-0.1, -0.05) is 42.0 Å². The number of sulfone groups is 1. The molecule has 6 heteroatoms. The van der Waals surface area contributed by atoms with E-state index in [9.17, 15) is 13.2 Å². The zero-order valence-electron chi connectivity index (χ0n) is 15.8. The smallest absolute Gasteiger partial charge is 0.321 e. The van der Waals surface area contributed by atoms with E-state index in [1.54, 1.807) is 4.90 Å². The number of rotatable bonds is 4. The quantitative estimate of drug-likeness (QED) is 0.865. The molecule has 5 nitrogen and oxygen atoms in total. The van der Waals surface area contributed by atoms with Gasteiger partial charge in [-0.25, -0.2) is 13.2 Å². The van der Waals surface area contributed by atoms with Crippen LogP contribution in [0.25, 0.3) is 11.1 Å². The summed E-state index contributed by atoms with van der Waals surface area (Å²) < 4.78 is 23.1. The van der Waals surface area contributed by atoms with Crippen molar-refractivity contribution in [2.24, 2.45) is 5.92 Å². The van der Waals surface area contributed by atoms with Crippen LogP contribution < -0.4 is 5.32 Å². The van der Waals surface area contributed by atoms with Crippen molar-refractivity contribution in [1.82, 2.24) is 4.90 Å². The zero-order chi connectivity index (χ0) is 19.4. The predicted molar refractivity (Wildman–Crippen MR) is 110 cm³/mol. The number of nitrogens with one attached hydrogen (secondary N) is 1. The number of amides is 2. The number of anilines is 1. The Morgan fingerprint density at radius 3 is 2.56 bits per heavy atom. The zero-order valence-corrected chi connectivity index (χ0v) is 16.6. The maximum atomic E-state index is 12.6. The van der Waals surface area contributed by atoms with Gasteiger partial charge in [0.2, 0.25) is 0 Å². The summed E-state index contributed by atoms with van der Waals surface area (Å²) in [6.07, 6.45) is 2.93. The highest BCUT2D eigenvalue weighted by molar-refractivity contribution is 7.90. The molecule has 0 spiro atoms. The van der Waals surface area contributed by atoms with E-state index in [0.29, 0.717) is 13.1 Å². The van der Waals surface area contributed by atoms with E-state index in [2.05, 4.69) is 24.4 Å². The molecule has 2 amide bonds. The Bertz CT molecular complexity index is 925. The van der Waals surface area contributed by atoms with Crippen molar-refractivity contribution in [1.29, 1.82) is 0 Å². The molecule has 0 aliphatic carbocycles. The van der Waals surface area contributed by atoms with Crippen LogP contribution >= 0.6 is 0 Å². The first-order valence-electron chi connectivity index (χ1n) is 9.21. The third-order valence-corrected chi connectivity index (χ3v) is 5.89. The lowest BCUT2D eigenvalue weighted by atomic mass is 10.0. The van der Waals surface area contributed by atoms with Gasteiger partial charge in [-0.15, -0.1) is 0 Å². The molecule has 2 aromatic rings. The minimum absolute atomic E-state index is 0.0122. The minimum atomic E-state index is -3.03. The molecular weight excluding hydrogens is 360 g/mol. The first-order valence-corrected chi connectivity index (χ1v) is 11.3. The summed E-state index contributed by atoms with van der Waals surface area (Å²) in [6.45, 7) is 3.19. The van der Waals surface area contributed by atoms with Crippen LogP contribution in [0.1, 0.15) is 18.4 Å². The van der Waals surface area contributed by atoms with E-state index in [-0.39, 0.29) is 17.7 Å². The number of benzene rings is 2. The van der Waals surface area contributed by atoms with Crippen molar-refractivity contribution in [3.8, 4) is 11.1 Å². The summed E-state index contributed by atoms with van der Waals surface area (Å²) >= 11 is 0.